The van der Waals surface area contributed by atoms with Crippen molar-refractivity contribution in [3.05, 3.63) is 106 Å². The van der Waals surface area contributed by atoms with E-state index < -0.39 is 0 Å². The average molecular weight is 360 g/mol. The molecule has 2 aromatic carbocycles. The van der Waals surface area contributed by atoms with Gasteiger partial charge in [-0.3, -0.25) is 9.59 Å². The van der Waals surface area contributed by atoms with Crippen LogP contribution in [0.25, 0.3) is 0 Å². The number of carbonyl (C=O) groups excluding carboxylic acids is 1. The number of hydrogen-bond donors (Lipinski definition) is 1. The van der Waals surface area contributed by atoms with E-state index in [4.69, 9.17) is 0 Å². The summed E-state index contributed by atoms with van der Waals surface area (Å²) in [6.45, 7) is 2.41. The van der Waals surface area contributed by atoms with Gasteiger partial charge in [0.2, 0.25) is 0 Å². The molecule has 0 saturated heterocycles. The predicted octanol–water partition coefficient (Wildman–Crippen LogP) is 3.65. The zero-order chi connectivity index (χ0) is 19.1. The van der Waals surface area contributed by atoms with Gasteiger partial charge in [-0.2, -0.15) is 0 Å². The summed E-state index contributed by atoms with van der Waals surface area (Å²) in [5.74, 6) is -0.317. The lowest BCUT2D eigenvalue weighted by Crippen LogP contribution is -2.37. The SMILES string of the molecule is CC(CCc1ccccc1)NC(=O)c1cccn(Cc2ccccc2)c1=O. The molecule has 1 aromatic heterocycles. The first-order valence-corrected chi connectivity index (χ1v) is 9.21. The predicted molar refractivity (Wildman–Crippen MR) is 108 cm³/mol. The van der Waals surface area contributed by atoms with Crippen molar-refractivity contribution in [2.24, 2.45) is 0 Å². The number of pyridine rings is 1. The van der Waals surface area contributed by atoms with Crippen LogP contribution in [0, 0.1) is 0 Å². The first-order chi connectivity index (χ1) is 13.1. The molecular formula is C23H24N2O2. The second-order valence-corrected chi connectivity index (χ2v) is 6.74. The fourth-order valence-corrected chi connectivity index (χ4v) is 3.02. The molecule has 0 saturated carbocycles. The van der Waals surface area contributed by atoms with Crippen LogP contribution in [0.15, 0.2) is 83.8 Å². The number of aromatic nitrogens is 1. The summed E-state index contributed by atoms with van der Waals surface area (Å²) in [7, 11) is 0. The highest BCUT2D eigenvalue weighted by molar-refractivity contribution is 5.93. The Morgan fingerprint density at radius 2 is 1.56 bits per heavy atom. The van der Waals surface area contributed by atoms with Gasteiger partial charge in [0.25, 0.3) is 11.5 Å². The molecular weight excluding hydrogens is 336 g/mol. The Bertz CT molecular complexity index is 933. The number of rotatable bonds is 7. The van der Waals surface area contributed by atoms with E-state index in [9.17, 15) is 9.59 Å². The molecule has 1 amide bonds. The number of carbonyl (C=O) groups is 1. The van der Waals surface area contributed by atoms with Crippen LogP contribution in [0.4, 0.5) is 0 Å². The van der Waals surface area contributed by atoms with Gasteiger partial charge in [-0.15, -0.1) is 0 Å². The minimum absolute atomic E-state index is 0.0140. The Morgan fingerprint density at radius 1 is 0.926 bits per heavy atom. The van der Waals surface area contributed by atoms with E-state index in [1.54, 1.807) is 22.9 Å². The monoisotopic (exact) mass is 360 g/mol. The van der Waals surface area contributed by atoms with Crippen LogP contribution < -0.4 is 10.9 Å². The maximum Gasteiger partial charge on any atom is 0.263 e. The van der Waals surface area contributed by atoms with Crippen molar-refractivity contribution in [1.82, 2.24) is 9.88 Å². The van der Waals surface area contributed by atoms with E-state index in [0.29, 0.717) is 6.54 Å². The highest BCUT2D eigenvalue weighted by Crippen LogP contribution is 2.06. The smallest absolute Gasteiger partial charge is 0.263 e. The van der Waals surface area contributed by atoms with E-state index >= 15 is 0 Å². The molecule has 1 unspecified atom stereocenters. The zero-order valence-electron chi connectivity index (χ0n) is 15.5. The molecule has 1 N–H and O–H groups in total. The van der Waals surface area contributed by atoms with E-state index in [-0.39, 0.29) is 23.1 Å². The highest BCUT2D eigenvalue weighted by Gasteiger charge is 2.14. The van der Waals surface area contributed by atoms with Crippen LogP contribution in [-0.4, -0.2) is 16.5 Å². The first kappa shape index (κ1) is 18.6. The average Bonchev–Trinajstić information content (AvgIpc) is 2.69. The topological polar surface area (TPSA) is 51.1 Å². The minimum atomic E-state index is -0.317. The van der Waals surface area contributed by atoms with E-state index in [2.05, 4.69) is 17.4 Å². The molecule has 0 radical (unpaired) electrons. The van der Waals surface area contributed by atoms with Gasteiger partial charge in [0.15, 0.2) is 0 Å². The summed E-state index contributed by atoms with van der Waals surface area (Å²) in [6.07, 6.45) is 3.42. The lowest BCUT2D eigenvalue weighted by Gasteiger charge is -2.14. The molecule has 0 aliphatic rings. The molecule has 0 spiro atoms. The van der Waals surface area contributed by atoms with Crippen molar-refractivity contribution in [3.63, 3.8) is 0 Å². The molecule has 3 rings (SSSR count). The number of aryl methyl sites for hydroxylation is 1. The van der Waals surface area contributed by atoms with Gasteiger partial charge < -0.3 is 9.88 Å². The van der Waals surface area contributed by atoms with Gasteiger partial charge in [0.1, 0.15) is 5.56 Å². The lowest BCUT2D eigenvalue weighted by molar-refractivity contribution is 0.0936. The van der Waals surface area contributed by atoms with Crippen LogP contribution in [0.1, 0.15) is 34.8 Å². The summed E-state index contributed by atoms with van der Waals surface area (Å²) >= 11 is 0. The van der Waals surface area contributed by atoms with Gasteiger partial charge >= 0.3 is 0 Å². The summed E-state index contributed by atoms with van der Waals surface area (Å²) in [6, 6.07) is 23.2. The molecule has 27 heavy (non-hydrogen) atoms. The largest absolute Gasteiger partial charge is 0.349 e. The van der Waals surface area contributed by atoms with Crippen molar-refractivity contribution < 1.29 is 4.79 Å². The fourth-order valence-electron chi connectivity index (χ4n) is 3.02. The van der Waals surface area contributed by atoms with Crippen molar-refractivity contribution in [1.29, 1.82) is 0 Å². The summed E-state index contributed by atoms with van der Waals surface area (Å²) in [4.78, 5) is 25.2. The summed E-state index contributed by atoms with van der Waals surface area (Å²) < 4.78 is 1.57. The van der Waals surface area contributed by atoms with Crippen LogP contribution in [0.5, 0.6) is 0 Å². The number of nitrogens with one attached hydrogen (secondary N) is 1. The standard InChI is InChI=1S/C23H24N2O2/c1-18(14-15-19-9-4-2-5-10-19)24-22(26)21-13-8-16-25(23(21)27)17-20-11-6-3-7-12-20/h2-13,16,18H,14-15,17H2,1H3,(H,24,26). The normalized spacial score (nSPS) is 11.7. The van der Waals surface area contributed by atoms with Crippen LogP contribution in [0.3, 0.4) is 0 Å². The maximum atomic E-state index is 12.7. The first-order valence-electron chi connectivity index (χ1n) is 9.21. The molecule has 4 nitrogen and oxygen atoms in total. The van der Waals surface area contributed by atoms with Gasteiger partial charge in [-0.05, 0) is 43.0 Å². The van der Waals surface area contributed by atoms with Crippen LogP contribution >= 0.6 is 0 Å². The van der Waals surface area contributed by atoms with E-state index in [1.807, 2.05) is 55.5 Å². The molecule has 0 bridgehead atoms. The third kappa shape index (κ3) is 5.17. The second kappa shape index (κ2) is 8.99. The number of amides is 1. The van der Waals surface area contributed by atoms with Crippen LogP contribution in [0.2, 0.25) is 0 Å². The third-order valence-electron chi connectivity index (χ3n) is 4.55. The second-order valence-electron chi connectivity index (χ2n) is 6.74. The lowest BCUT2D eigenvalue weighted by atomic mass is 10.1. The minimum Gasteiger partial charge on any atom is -0.349 e. The molecule has 1 atom stereocenters. The van der Waals surface area contributed by atoms with Crippen molar-refractivity contribution in [2.75, 3.05) is 0 Å². The molecule has 0 aliphatic heterocycles. The maximum absolute atomic E-state index is 12.7. The quantitative estimate of drug-likeness (QED) is 0.699. The Labute approximate surface area is 159 Å². The molecule has 4 heteroatoms. The van der Waals surface area contributed by atoms with Gasteiger partial charge in [-0.1, -0.05) is 60.7 Å². The Hall–Kier alpha value is -3.14. The zero-order valence-corrected chi connectivity index (χ0v) is 15.5. The number of hydrogen-bond acceptors (Lipinski definition) is 2. The van der Waals surface area contributed by atoms with E-state index in [0.717, 1.165) is 18.4 Å². The van der Waals surface area contributed by atoms with Crippen molar-refractivity contribution in [2.45, 2.75) is 32.4 Å². The molecule has 3 aromatic rings. The third-order valence-corrected chi connectivity index (χ3v) is 4.55. The number of benzene rings is 2. The Balaban J connectivity index is 1.64. The molecule has 0 aliphatic carbocycles. The van der Waals surface area contributed by atoms with Gasteiger partial charge in [0, 0.05) is 12.2 Å². The van der Waals surface area contributed by atoms with Crippen molar-refractivity contribution >= 4 is 5.91 Å². The summed E-state index contributed by atoms with van der Waals surface area (Å²) in [5.41, 5.74) is 2.17. The molecule has 138 valence electrons. The number of nitrogens with zero attached hydrogens (tertiary/aromatic N) is 1. The van der Waals surface area contributed by atoms with Crippen molar-refractivity contribution in [3.8, 4) is 0 Å². The Kier molecular flexibility index (Phi) is 6.21. The van der Waals surface area contributed by atoms with E-state index in [1.165, 1.54) is 5.56 Å². The fraction of sp³-hybridized carbons (Fsp3) is 0.217. The molecule has 0 fully saturated rings. The van der Waals surface area contributed by atoms with Gasteiger partial charge in [0.05, 0.1) is 6.54 Å². The molecule has 1 heterocycles. The van der Waals surface area contributed by atoms with Crippen LogP contribution in [-0.2, 0) is 13.0 Å². The van der Waals surface area contributed by atoms with Gasteiger partial charge in [-0.25, -0.2) is 0 Å². The highest BCUT2D eigenvalue weighted by atomic mass is 16.2. The Morgan fingerprint density at radius 3 is 2.22 bits per heavy atom. The summed E-state index contributed by atoms with van der Waals surface area (Å²) in [5, 5.41) is 2.95.